The van der Waals surface area contributed by atoms with E-state index in [-0.39, 0.29) is 23.8 Å². The average molecular weight is 335 g/mol. The van der Waals surface area contributed by atoms with Crippen molar-refractivity contribution < 1.29 is 19.2 Å². The highest BCUT2D eigenvalue weighted by atomic mass is 16.6. The molecule has 0 heterocycles. The van der Waals surface area contributed by atoms with Crippen molar-refractivity contribution >= 4 is 23.3 Å². The molecule has 1 aromatic carbocycles. The van der Waals surface area contributed by atoms with Gasteiger partial charge in [-0.25, -0.2) is 5.43 Å². The third kappa shape index (κ3) is 5.15. The number of nitro groups is 1. The first-order valence-electron chi connectivity index (χ1n) is 7.53. The molecule has 1 rings (SSSR count). The number of carbonyl (C=O) groups is 2. The van der Waals surface area contributed by atoms with Gasteiger partial charge in [0.25, 0.3) is 11.6 Å². The van der Waals surface area contributed by atoms with Gasteiger partial charge in [-0.05, 0) is 25.8 Å². The SMILES string of the molecule is CCOC(=O)[C@H](/C(C)=N/NC(=O)c1cccc([N+](=O)[O-])c1)C(C)C. The standard InChI is InChI=1S/C16H21N3O5/c1-5-24-16(21)14(10(2)3)11(4)17-18-15(20)12-7-6-8-13(9-12)19(22)23/h6-10,14H,5H2,1-4H3,(H,18,20)/b17-11+/t14-/m0/s1. The van der Waals surface area contributed by atoms with Gasteiger partial charge < -0.3 is 4.74 Å². The zero-order valence-corrected chi connectivity index (χ0v) is 14.1. The van der Waals surface area contributed by atoms with Gasteiger partial charge in [-0.2, -0.15) is 5.10 Å². The van der Waals surface area contributed by atoms with E-state index in [0.717, 1.165) is 6.07 Å². The van der Waals surface area contributed by atoms with Crippen LogP contribution in [0.2, 0.25) is 0 Å². The van der Waals surface area contributed by atoms with Crippen LogP contribution < -0.4 is 5.43 Å². The number of nitrogens with one attached hydrogen (secondary N) is 1. The van der Waals surface area contributed by atoms with E-state index in [1.165, 1.54) is 18.2 Å². The van der Waals surface area contributed by atoms with Gasteiger partial charge in [0.2, 0.25) is 0 Å². The summed E-state index contributed by atoms with van der Waals surface area (Å²) in [6, 6.07) is 5.31. The number of non-ortho nitro benzene ring substituents is 1. The molecule has 0 aromatic heterocycles. The summed E-state index contributed by atoms with van der Waals surface area (Å²) in [6.45, 7) is 7.29. The Balaban J connectivity index is 2.89. The molecule has 0 unspecified atom stereocenters. The number of carbonyl (C=O) groups excluding carboxylic acids is 2. The molecule has 8 heteroatoms. The smallest absolute Gasteiger partial charge is 0.314 e. The van der Waals surface area contributed by atoms with Crippen molar-refractivity contribution in [2.75, 3.05) is 6.61 Å². The fourth-order valence-corrected chi connectivity index (χ4v) is 2.19. The Hall–Kier alpha value is -2.77. The first kappa shape index (κ1) is 19.3. The lowest BCUT2D eigenvalue weighted by molar-refractivity contribution is -0.384. The molecule has 8 nitrogen and oxygen atoms in total. The number of amides is 1. The highest BCUT2D eigenvalue weighted by Crippen LogP contribution is 2.16. The van der Waals surface area contributed by atoms with E-state index in [9.17, 15) is 19.7 Å². The minimum absolute atomic E-state index is 0.0532. The maximum absolute atomic E-state index is 12.1. The van der Waals surface area contributed by atoms with Gasteiger partial charge in [0.1, 0.15) is 0 Å². The van der Waals surface area contributed by atoms with Crippen LogP contribution in [0, 0.1) is 22.0 Å². The average Bonchev–Trinajstić information content (AvgIpc) is 2.52. The van der Waals surface area contributed by atoms with Gasteiger partial charge in [-0.1, -0.05) is 19.9 Å². The lowest BCUT2D eigenvalue weighted by Gasteiger charge is -2.18. The molecule has 0 aliphatic heterocycles. The van der Waals surface area contributed by atoms with Crippen LogP contribution in [0.15, 0.2) is 29.4 Å². The Morgan fingerprint density at radius 2 is 2.04 bits per heavy atom. The van der Waals surface area contributed by atoms with Gasteiger partial charge in [0.15, 0.2) is 0 Å². The number of esters is 1. The van der Waals surface area contributed by atoms with Crippen LogP contribution >= 0.6 is 0 Å². The van der Waals surface area contributed by atoms with Gasteiger partial charge in [-0.15, -0.1) is 0 Å². The fourth-order valence-electron chi connectivity index (χ4n) is 2.19. The molecular formula is C16H21N3O5. The lowest BCUT2D eigenvalue weighted by Crippen LogP contribution is -2.31. The maximum Gasteiger partial charge on any atom is 0.314 e. The second kappa shape index (κ2) is 8.76. The number of benzene rings is 1. The molecule has 0 fully saturated rings. The van der Waals surface area contributed by atoms with Crippen LogP contribution in [-0.4, -0.2) is 29.1 Å². The number of ether oxygens (including phenoxy) is 1. The Kier molecular flexibility index (Phi) is 7.03. The lowest BCUT2D eigenvalue weighted by atomic mass is 9.92. The third-order valence-corrected chi connectivity index (χ3v) is 3.31. The van der Waals surface area contributed by atoms with E-state index in [0.29, 0.717) is 5.71 Å². The Morgan fingerprint density at radius 1 is 1.38 bits per heavy atom. The maximum atomic E-state index is 12.1. The Bertz CT molecular complexity index is 655. The van der Waals surface area contributed by atoms with Crippen molar-refractivity contribution in [3.8, 4) is 0 Å². The third-order valence-electron chi connectivity index (χ3n) is 3.31. The topological polar surface area (TPSA) is 111 Å². The van der Waals surface area contributed by atoms with Crippen molar-refractivity contribution in [1.29, 1.82) is 0 Å². The molecule has 1 amide bonds. The molecule has 0 aliphatic carbocycles. The summed E-state index contributed by atoms with van der Waals surface area (Å²) in [5.74, 6) is -1.62. The summed E-state index contributed by atoms with van der Waals surface area (Å²) in [4.78, 5) is 34.2. The van der Waals surface area contributed by atoms with Gasteiger partial charge in [0.05, 0.1) is 17.4 Å². The van der Waals surface area contributed by atoms with Crippen LogP contribution in [0.1, 0.15) is 38.1 Å². The quantitative estimate of drug-likeness (QED) is 0.356. The van der Waals surface area contributed by atoms with E-state index >= 15 is 0 Å². The van der Waals surface area contributed by atoms with Crippen molar-refractivity contribution in [2.45, 2.75) is 27.7 Å². The second-order valence-corrected chi connectivity index (χ2v) is 5.48. The predicted octanol–water partition coefficient (Wildman–Crippen LogP) is 2.54. The number of nitrogens with zero attached hydrogens (tertiary/aromatic N) is 2. The summed E-state index contributed by atoms with van der Waals surface area (Å²) in [5.41, 5.74) is 2.64. The molecule has 1 N–H and O–H groups in total. The minimum atomic E-state index is -0.593. The molecule has 0 spiro atoms. The van der Waals surface area contributed by atoms with E-state index in [1.807, 2.05) is 13.8 Å². The van der Waals surface area contributed by atoms with E-state index < -0.39 is 22.7 Å². The monoisotopic (exact) mass is 335 g/mol. The molecule has 0 bridgehead atoms. The molecule has 24 heavy (non-hydrogen) atoms. The molecule has 0 saturated carbocycles. The molecule has 0 saturated heterocycles. The van der Waals surface area contributed by atoms with Crippen LogP contribution in [0.5, 0.6) is 0 Å². The van der Waals surface area contributed by atoms with Crippen LogP contribution in [-0.2, 0) is 9.53 Å². The fraction of sp³-hybridized carbons (Fsp3) is 0.438. The van der Waals surface area contributed by atoms with E-state index in [2.05, 4.69) is 10.5 Å². The van der Waals surface area contributed by atoms with E-state index in [1.54, 1.807) is 13.8 Å². The highest BCUT2D eigenvalue weighted by Gasteiger charge is 2.26. The number of hydrazone groups is 1. The number of rotatable bonds is 7. The van der Waals surface area contributed by atoms with Crippen LogP contribution in [0.4, 0.5) is 5.69 Å². The van der Waals surface area contributed by atoms with Crippen LogP contribution in [0.3, 0.4) is 0 Å². The van der Waals surface area contributed by atoms with Crippen molar-refractivity contribution in [3.05, 3.63) is 39.9 Å². The Morgan fingerprint density at radius 3 is 2.58 bits per heavy atom. The van der Waals surface area contributed by atoms with Crippen molar-refractivity contribution in [3.63, 3.8) is 0 Å². The van der Waals surface area contributed by atoms with Gasteiger partial charge in [0, 0.05) is 23.4 Å². The zero-order chi connectivity index (χ0) is 18.3. The predicted molar refractivity (Wildman–Crippen MR) is 88.6 cm³/mol. The molecule has 1 aromatic rings. The second-order valence-electron chi connectivity index (χ2n) is 5.48. The summed E-state index contributed by atoms with van der Waals surface area (Å²) in [7, 11) is 0. The molecule has 130 valence electrons. The number of hydrogen-bond acceptors (Lipinski definition) is 6. The summed E-state index contributed by atoms with van der Waals surface area (Å²) >= 11 is 0. The molecular weight excluding hydrogens is 314 g/mol. The zero-order valence-electron chi connectivity index (χ0n) is 14.1. The Labute approximate surface area is 140 Å². The highest BCUT2D eigenvalue weighted by molar-refractivity contribution is 6.02. The summed E-state index contributed by atoms with van der Waals surface area (Å²) in [6.07, 6.45) is 0. The van der Waals surface area contributed by atoms with Gasteiger partial charge in [-0.3, -0.25) is 19.7 Å². The molecule has 0 radical (unpaired) electrons. The number of nitro benzene ring substituents is 1. The van der Waals surface area contributed by atoms with Crippen molar-refractivity contribution in [2.24, 2.45) is 16.9 Å². The minimum Gasteiger partial charge on any atom is -0.465 e. The van der Waals surface area contributed by atoms with Crippen LogP contribution in [0.25, 0.3) is 0 Å². The van der Waals surface area contributed by atoms with Gasteiger partial charge >= 0.3 is 5.97 Å². The first-order valence-corrected chi connectivity index (χ1v) is 7.53. The van der Waals surface area contributed by atoms with E-state index in [4.69, 9.17) is 4.74 Å². The summed E-state index contributed by atoms with van der Waals surface area (Å²) in [5, 5.41) is 14.7. The normalized spacial score (nSPS) is 12.6. The molecule has 0 aliphatic rings. The largest absolute Gasteiger partial charge is 0.465 e. The molecule has 1 atom stereocenters. The van der Waals surface area contributed by atoms with Crippen molar-refractivity contribution in [1.82, 2.24) is 5.43 Å². The first-order chi connectivity index (χ1) is 11.3. The number of hydrogen-bond donors (Lipinski definition) is 1. The summed E-state index contributed by atoms with van der Waals surface area (Å²) < 4.78 is 5.01.